The van der Waals surface area contributed by atoms with Crippen molar-refractivity contribution in [2.24, 2.45) is 0 Å². The fraction of sp³-hybridized carbons (Fsp3) is 0.429. The number of carbonyl (C=O) groups excluding carboxylic acids is 1. The Morgan fingerprint density at radius 2 is 2.32 bits per heavy atom. The van der Waals surface area contributed by atoms with Gasteiger partial charge < -0.3 is 14.4 Å². The van der Waals surface area contributed by atoms with Gasteiger partial charge in [0.05, 0.1) is 11.2 Å². The van der Waals surface area contributed by atoms with E-state index in [4.69, 9.17) is 4.42 Å². The maximum Gasteiger partial charge on any atom is 0.256 e. The van der Waals surface area contributed by atoms with Gasteiger partial charge in [-0.1, -0.05) is 6.07 Å². The number of likely N-dealkylation sites (tertiary alicyclic amines) is 1. The molecular formula is C14H16N2O3. The van der Waals surface area contributed by atoms with E-state index in [0.717, 1.165) is 0 Å². The van der Waals surface area contributed by atoms with Crippen LogP contribution in [0.4, 0.5) is 0 Å². The van der Waals surface area contributed by atoms with Crippen LogP contribution in [0, 0.1) is 6.92 Å². The van der Waals surface area contributed by atoms with Crippen LogP contribution in [0.2, 0.25) is 0 Å². The zero-order valence-electron chi connectivity index (χ0n) is 11.0. The average Bonchev–Trinajstić information content (AvgIpc) is 2.89. The summed E-state index contributed by atoms with van der Waals surface area (Å²) in [6.07, 6.45) is 0.604. The van der Waals surface area contributed by atoms with Gasteiger partial charge in [0.25, 0.3) is 5.91 Å². The maximum atomic E-state index is 12.5. The number of benzene rings is 1. The molecule has 1 amide bonds. The van der Waals surface area contributed by atoms with E-state index in [1.165, 1.54) is 0 Å². The number of aromatic nitrogens is 1. The molecule has 1 aliphatic rings. The minimum atomic E-state index is -0.788. The molecule has 2 heterocycles. The van der Waals surface area contributed by atoms with E-state index in [0.29, 0.717) is 42.1 Å². The van der Waals surface area contributed by atoms with Crippen molar-refractivity contribution in [3.8, 4) is 0 Å². The van der Waals surface area contributed by atoms with Crippen LogP contribution in [0.1, 0.15) is 29.6 Å². The highest BCUT2D eigenvalue weighted by molar-refractivity contribution is 6.04. The van der Waals surface area contributed by atoms with Crippen LogP contribution in [0.15, 0.2) is 22.6 Å². The van der Waals surface area contributed by atoms with E-state index in [2.05, 4.69) is 4.98 Å². The summed E-state index contributed by atoms with van der Waals surface area (Å²) in [4.78, 5) is 18.4. The molecule has 1 aromatic heterocycles. The molecule has 100 valence electrons. The van der Waals surface area contributed by atoms with Crippen molar-refractivity contribution in [2.75, 3.05) is 13.1 Å². The van der Waals surface area contributed by atoms with Crippen LogP contribution in [-0.2, 0) is 0 Å². The summed E-state index contributed by atoms with van der Waals surface area (Å²) in [6.45, 7) is 4.44. The van der Waals surface area contributed by atoms with Crippen molar-refractivity contribution in [1.29, 1.82) is 0 Å². The molecule has 1 atom stereocenters. The summed E-state index contributed by atoms with van der Waals surface area (Å²) in [6, 6.07) is 5.33. The Morgan fingerprint density at radius 1 is 1.53 bits per heavy atom. The van der Waals surface area contributed by atoms with E-state index < -0.39 is 5.60 Å². The fourth-order valence-corrected chi connectivity index (χ4v) is 2.52. The minimum absolute atomic E-state index is 0.100. The van der Waals surface area contributed by atoms with Crippen LogP contribution in [0.25, 0.3) is 11.1 Å². The lowest BCUT2D eigenvalue weighted by Crippen LogP contribution is -2.34. The smallest absolute Gasteiger partial charge is 0.256 e. The predicted octanol–water partition coefficient (Wildman–Crippen LogP) is 1.73. The van der Waals surface area contributed by atoms with Gasteiger partial charge in [0.15, 0.2) is 11.5 Å². The third-order valence-electron chi connectivity index (χ3n) is 3.50. The number of oxazole rings is 1. The third-order valence-corrected chi connectivity index (χ3v) is 3.50. The molecule has 0 saturated carbocycles. The van der Waals surface area contributed by atoms with Gasteiger partial charge in [-0.2, -0.15) is 0 Å². The van der Waals surface area contributed by atoms with Gasteiger partial charge in [-0.05, 0) is 25.5 Å². The van der Waals surface area contributed by atoms with Crippen molar-refractivity contribution in [3.05, 3.63) is 29.7 Å². The minimum Gasteiger partial charge on any atom is -0.441 e. The lowest BCUT2D eigenvalue weighted by molar-refractivity contribution is 0.0573. The highest BCUT2D eigenvalue weighted by Gasteiger charge is 2.35. The van der Waals surface area contributed by atoms with Gasteiger partial charge in [0.1, 0.15) is 5.52 Å². The summed E-state index contributed by atoms with van der Waals surface area (Å²) >= 11 is 0. The molecule has 5 heteroatoms. The molecule has 1 aromatic carbocycles. The number of fused-ring (bicyclic) bond motifs is 1. The number of hydrogen-bond donors (Lipinski definition) is 1. The summed E-state index contributed by atoms with van der Waals surface area (Å²) in [5.74, 6) is 0.445. The Morgan fingerprint density at radius 3 is 3.00 bits per heavy atom. The second-order valence-corrected chi connectivity index (χ2v) is 5.36. The number of carbonyl (C=O) groups is 1. The Kier molecular flexibility index (Phi) is 2.60. The Bertz CT molecular complexity index is 645. The standard InChI is InChI=1S/C14H16N2O3/c1-9-15-12-10(4-3-5-11(12)19-9)13(17)16-7-6-14(2,18)8-16/h3-5,18H,6-8H2,1-2H3. The van der Waals surface area contributed by atoms with E-state index in [-0.39, 0.29) is 5.91 Å². The van der Waals surface area contributed by atoms with Crippen LogP contribution in [-0.4, -0.2) is 39.6 Å². The van der Waals surface area contributed by atoms with E-state index in [1.807, 2.05) is 0 Å². The van der Waals surface area contributed by atoms with Gasteiger partial charge in [0.2, 0.25) is 0 Å². The summed E-state index contributed by atoms with van der Waals surface area (Å²) < 4.78 is 5.43. The van der Waals surface area contributed by atoms with Crippen molar-refractivity contribution in [3.63, 3.8) is 0 Å². The van der Waals surface area contributed by atoms with Crippen molar-refractivity contribution < 1.29 is 14.3 Å². The van der Waals surface area contributed by atoms with Gasteiger partial charge in [0, 0.05) is 20.0 Å². The highest BCUT2D eigenvalue weighted by atomic mass is 16.3. The molecule has 0 bridgehead atoms. The highest BCUT2D eigenvalue weighted by Crippen LogP contribution is 2.25. The second kappa shape index (κ2) is 4.06. The average molecular weight is 260 g/mol. The molecule has 0 aliphatic carbocycles. The molecule has 3 rings (SSSR count). The summed E-state index contributed by atoms with van der Waals surface area (Å²) in [5, 5.41) is 9.95. The third kappa shape index (κ3) is 2.10. The number of amides is 1. The van der Waals surface area contributed by atoms with Crippen LogP contribution < -0.4 is 0 Å². The van der Waals surface area contributed by atoms with Gasteiger partial charge in [-0.25, -0.2) is 4.98 Å². The number of para-hydroxylation sites is 1. The number of aryl methyl sites for hydroxylation is 1. The van der Waals surface area contributed by atoms with E-state index in [1.54, 1.807) is 36.9 Å². The number of nitrogens with zero attached hydrogens (tertiary/aromatic N) is 2. The first kappa shape index (κ1) is 12.2. The molecule has 1 aliphatic heterocycles. The lowest BCUT2D eigenvalue weighted by Gasteiger charge is -2.19. The first-order chi connectivity index (χ1) is 8.96. The normalized spacial score (nSPS) is 23.2. The largest absolute Gasteiger partial charge is 0.441 e. The lowest BCUT2D eigenvalue weighted by atomic mass is 10.1. The molecular weight excluding hydrogens is 244 g/mol. The SMILES string of the molecule is Cc1nc2c(C(=O)N3CCC(C)(O)C3)cccc2o1. The van der Waals surface area contributed by atoms with Crippen LogP contribution in [0.5, 0.6) is 0 Å². The van der Waals surface area contributed by atoms with E-state index in [9.17, 15) is 9.90 Å². The zero-order valence-corrected chi connectivity index (χ0v) is 11.0. The molecule has 1 saturated heterocycles. The second-order valence-electron chi connectivity index (χ2n) is 5.36. The zero-order chi connectivity index (χ0) is 13.6. The van der Waals surface area contributed by atoms with Gasteiger partial charge in [-0.15, -0.1) is 0 Å². The summed E-state index contributed by atoms with van der Waals surface area (Å²) in [7, 11) is 0. The van der Waals surface area contributed by atoms with Crippen LogP contribution in [0.3, 0.4) is 0 Å². The fourth-order valence-electron chi connectivity index (χ4n) is 2.52. The first-order valence-corrected chi connectivity index (χ1v) is 6.34. The topological polar surface area (TPSA) is 66.6 Å². The number of β-amino-alcohol motifs (C(OH)–C–C–N with tert-alkyl or cyclic N) is 1. The van der Waals surface area contributed by atoms with Crippen molar-refractivity contribution in [1.82, 2.24) is 9.88 Å². The van der Waals surface area contributed by atoms with Gasteiger partial charge >= 0.3 is 0 Å². The maximum absolute atomic E-state index is 12.5. The summed E-state index contributed by atoms with van der Waals surface area (Å²) in [5.41, 5.74) is 0.960. The first-order valence-electron chi connectivity index (χ1n) is 6.34. The molecule has 5 nitrogen and oxygen atoms in total. The molecule has 2 aromatic rings. The molecule has 0 radical (unpaired) electrons. The number of rotatable bonds is 1. The monoisotopic (exact) mass is 260 g/mol. The van der Waals surface area contributed by atoms with Crippen molar-refractivity contribution in [2.45, 2.75) is 25.9 Å². The number of aliphatic hydroxyl groups is 1. The number of hydrogen-bond acceptors (Lipinski definition) is 4. The quantitative estimate of drug-likeness (QED) is 0.848. The Hall–Kier alpha value is -1.88. The molecule has 0 spiro atoms. The molecule has 19 heavy (non-hydrogen) atoms. The van der Waals surface area contributed by atoms with Crippen molar-refractivity contribution >= 4 is 17.0 Å². The van der Waals surface area contributed by atoms with E-state index >= 15 is 0 Å². The van der Waals surface area contributed by atoms with Crippen LogP contribution >= 0.6 is 0 Å². The Labute approximate surface area is 110 Å². The molecule has 1 unspecified atom stereocenters. The molecule has 1 N–H and O–H groups in total. The Balaban J connectivity index is 1.98. The van der Waals surface area contributed by atoms with Gasteiger partial charge in [-0.3, -0.25) is 4.79 Å². The predicted molar refractivity (Wildman–Crippen MR) is 69.9 cm³/mol. The molecule has 1 fully saturated rings.